The third kappa shape index (κ3) is 3.48. The number of nitrogens with zero attached hydrogens (tertiary/aromatic N) is 1. The molecule has 1 N–H and O–H groups in total. The second-order valence-electron chi connectivity index (χ2n) is 6.08. The number of fused-ring (bicyclic) bond motifs is 1. The van der Waals surface area contributed by atoms with Crippen LogP contribution in [-0.4, -0.2) is 49.3 Å². The van der Waals surface area contributed by atoms with E-state index in [1.54, 1.807) is 0 Å². The average Bonchev–Trinajstić information content (AvgIpc) is 3.03. The van der Waals surface area contributed by atoms with Crippen LogP contribution in [0, 0.1) is 0 Å². The smallest absolute Gasteiger partial charge is 0.376 e. The van der Waals surface area contributed by atoms with Crippen molar-refractivity contribution in [3.8, 4) is 5.75 Å². The minimum Gasteiger partial charge on any atom is -0.376 e. The zero-order valence-electron chi connectivity index (χ0n) is 13.3. The van der Waals surface area contributed by atoms with E-state index in [9.17, 15) is 31.2 Å². The fourth-order valence-electron chi connectivity index (χ4n) is 3.06. The van der Waals surface area contributed by atoms with Crippen molar-refractivity contribution in [3.05, 3.63) is 29.8 Å². The van der Waals surface area contributed by atoms with Crippen LogP contribution in [0.25, 0.3) is 0 Å². The number of benzene rings is 1. The van der Waals surface area contributed by atoms with Gasteiger partial charge in [-0.2, -0.15) is 21.6 Å². The van der Waals surface area contributed by atoms with Gasteiger partial charge in [0.1, 0.15) is 17.8 Å². The summed E-state index contributed by atoms with van der Waals surface area (Å²) in [6.45, 7) is 0.523. The number of carbonyl (C=O) groups excluding carboxylic acids is 2. The molecule has 0 radical (unpaired) electrons. The molecule has 2 aliphatic rings. The maximum atomic E-state index is 12.4. The zero-order chi connectivity index (χ0) is 19.1. The Balaban J connectivity index is 1.68. The van der Waals surface area contributed by atoms with Crippen LogP contribution in [0.2, 0.25) is 0 Å². The zero-order valence-corrected chi connectivity index (χ0v) is 14.1. The van der Waals surface area contributed by atoms with Crippen LogP contribution in [0.15, 0.2) is 24.3 Å². The van der Waals surface area contributed by atoms with Gasteiger partial charge in [-0.3, -0.25) is 9.59 Å². The number of alkyl halides is 3. The molecule has 0 bridgehead atoms. The predicted molar refractivity (Wildman–Crippen MR) is 82.4 cm³/mol. The second-order valence-corrected chi connectivity index (χ2v) is 7.62. The van der Waals surface area contributed by atoms with Gasteiger partial charge in [-0.15, -0.1) is 0 Å². The van der Waals surface area contributed by atoms with Gasteiger partial charge in [0.25, 0.3) is 0 Å². The molecule has 2 amide bonds. The molecule has 0 saturated carbocycles. The van der Waals surface area contributed by atoms with Crippen molar-refractivity contribution in [2.75, 3.05) is 6.54 Å². The van der Waals surface area contributed by atoms with Crippen molar-refractivity contribution < 1.29 is 35.4 Å². The Hall–Kier alpha value is -2.30. The SMILES string of the molecule is O=C1NC(Cc2ccc(OS(=O)(=O)C(F)(F)F)cc2)C(=O)N2CCCC12. The quantitative estimate of drug-likeness (QED) is 0.608. The van der Waals surface area contributed by atoms with Gasteiger partial charge in [0.05, 0.1) is 0 Å². The second kappa shape index (κ2) is 6.45. The summed E-state index contributed by atoms with van der Waals surface area (Å²) < 4.78 is 62.8. The Bertz CT molecular complexity index is 823. The highest BCUT2D eigenvalue weighted by Gasteiger charge is 2.48. The summed E-state index contributed by atoms with van der Waals surface area (Å²) in [6.07, 6.45) is 1.53. The Morgan fingerprint density at radius 1 is 1.19 bits per heavy atom. The largest absolute Gasteiger partial charge is 0.534 e. The van der Waals surface area contributed by atoms with Crippen LogP contribution < -0.4 is 9.50 Å². The van der Waals surface area contributed by atoms with Crippen LogP contribution in [0.1, 0.15) is 18.4 Å². The van der Waals surface area contributed by atoms with Crippen LogP contribution in [0.3, 0.4) is 0 Å². The molecule has 3 rings (SSSR count). The third-order valence-corrected chi connectivity index (χ3v) is 5.28. The number of amides is 2. The predicted octanol–water partition coefficient (Wildman–Crippen LogP) is 0.947. The summed E-state index contributed by atoms with van der Waals surface area (Å²) in [7, 11) is -5.73. The van der Waals surface area contributed by atoms with Gasteiger partial charge in [0.15, 0.2) is 0 Å². The summed E-state index contributed by atoms with van der Waals surface area (Å²) >= 11 is 0. The summed E-state index contributed by atoms with van der Waals surface area (Å²) in [5, 5.41) is 2.65. The number of nitrogens with one attached hydrogen (secondary N) is 1. The molecule has 0 aromatic heterocycles. The Kier molecular flexibility index (Phi) is 4.59. The highest BCUT2D eigenvalue weighted by molar-refractivity contribution is 7.88. The molecule has 2 saturated heterocycles. The van der Waals surface area contributed by atoms with Gasteiger partial charge in [0, 0.05) is 13.0 Å². The lowest BCUT2D eigenvalue weighted by atomic mass is 10.0. The van der Waals surface area contributed by atoms with E-state index < -0.39 is 33.5 Å². The molecule has 0 spiro atoms. The van der Waals surface area contributed by atoms with Gasteiger partial charge in [-0.25, -0.2) is 0 Å². The molecule has 2 fully saturated rings. The molecular formula is C15H15F3N2O5S. The fraction of sp³-hybridized carbons (Fsp3) is 0.467. The van der Waals surface area contributed by atoms with Crippen molar-refractivity contribution in [1.82, 2.24) is 10.2 Å². The van der Waals surface area contributed by atoms with E-state index in [1.165, 1.54) is 17.0 Å². The lowest BCUT2D eigenvalue weighted by Gasteiger charge is -2.34. The summed E-state index contributed by atoms with van der Waals surface area (Å²) in [5.74, 6) is -0.917. The Morgan fingerprint density at radius 3 is 2.46 bits per heavy atom. The number of halogens is 3. The lowest BCUT2D eigenvalue weighted by Crippen LogP contribution is -2.61. The molecule has 1 aromatic rings. The lowest BCUT2D eigenvalue weighted by molar-refractivity contribution is -0.146. The molecule has 2 unspecified atom stereocenters. The molecule has 0 aliphatic carbocycles. The summed E-state index contributed by atoms with van der Waals surface area (Å²) in [4.78, 5) is 26.0. The number of hydrogen-bond donors (Lipinski definition) is 1. The number of piperazine rings is 1. The van der Waals surface area contributed by atoms with Gasteiger partial charge in [-0.1, -0.05) is 12.1 Å². The topological polar surface area (TPSA) is 92.8 Å². The van der Waals surface area contributed by atoms with Crippen molar-refractivity contribution >= 4 is 21.9 Å². The Labute approximate surface area is 147 Å². The first-order chi connectivity index (χ1) is 12.1. The highest BCUT2D eigenvalue weighted by atomic mass is 32.2. The maximum Gasteiger partial charge on any atom is 0.534 e. The van der Waals surface area contributed by atoms with Gasteiger partial charge in [-0.05, 0) is 30.5 Å². The summed E-state index contributed by atoms with van der Waals surface area (Å²) in [6, 6.07) is 3.62. The number of hydrogen-bond acceptors (Lipinski definition) is 5. The third-order valence-electron chi connectivity index (χ3n) is 4.31. The van der Waals surface area contributed by atoms with Crippen molar-refractivity contribution in [3.63, 3.8) is 0 Å². The van der Waals surface area contributed by atoms with E-state index in [1.807, 2.05) is 0 Å². The van der Waals surface area contributed by atoms with E-state index >= 15 is 0 Å². The molecule has 2 aliphatic heterocycles. The standard InChI is InChI=1S/C15H15F3N2O5S/c16-15(17,18)26(23,24)25-10-5-3-9(4-6-10)8-11-14(22)20-7-1-2-12(20)13(21)19-11/h3-6,11-12H,1-2,7-8H2,(H,19,21). The molecule has 11 heteroatoms. The highest BCUT2D eigenvalue weighted by Crippen LogP contribution is 2.27. The van der Waals surface area contributed by atoms with Crippen molar-refractivity contribution in [1.29, 1.82) is 0 Å². The van der Waals surface area contributed by atoms with Crippen molar-refractivity contribution in [2.45, 2.75) is 36.9 Å². The van der Waals surface area contributed by atoms with Gasteiger partial charge < -0.3 is 14.4 Å². The molecule has 7 nitrogen and oxygen atoms in total. The summed E-state index contributed by atoms with van der Waals surface area (Å²) in [5.41, 5.74) is -4.98. The Morgan fingerprint density at radius 2 is 1.85 bits per heavy atom. The van der Waals surface area contributed by atoms with Crippen LogP contribution in [0.5, 0.6) is 5.75 Å². The molecule has 26 heavy (non-hydrogen) atoms. The molecule has 2 heterocycles. The molecule has 142 valence electrons. The minimum absolute atomic E-state index is 0.139. The van der Waals surface area contributed by atoms with Crippen LogP contribution in [0.4, 0.5) is 13.2 Å². The fourth-order valence-corrected chi connectivity index (χ4v) is 3.52. The molecular weight excluding hydrogens is 377 g/mol. The van der Waals surface area contributed by atoms with E-state index in [0.29, 0.717) is 18.5 Å². The number of rotatable bonds is 4. The van der Waals surface area contributed by atoms with Crippen molar-refractivity contribution in [2.24, 2.45) is 0 Å². The molecule has 2 atom stereocenters. The normalized spacial score (nSPS) is 23.6. The first-order valence-electron chi connectivity index (χ1n) is 7.79. The molecule has 1 aromatic carbocycles. The first kappa shape index (κ1) is 18.5. The van der Waals surface area contributed by atoms with E-state index in [0.717, 1.165) is 18.6 Å². The monoisotopic (exact) mass is 392 g/mol. The number of carbonyl (C=O) groups is 2. The van der Waals surface area contributed by atoms with Crippen LogP contribution >= 0.6 is 0 Å². The van der Waals surface area contributed by atoms with E-state index in [4.69, 9.17) is 0 Å². The van der Waals surface area contributed by atoms with Gasteiger partial charge in [0.2, 0.25) is 11.8 Å². The van der Waals surface area contributed by atoms with Gasteiger partial charge >= 0.3 is 15.6 Å². The average molecular weight is 392 g/mol. The van der Waals surface area contributed by atoms with E-state index in [-0.39, 0.29) is 18.2 Å². The maximum absolute atomic E-state index is 12.4. The van der Waals surface area contributed by atoms with Crippen LogP contribution in [-0.2, 0) is 26.1 Å². The first-order valence-corrected chi connectivity index (χ1v) is 9.20. The van der Waals surface area contributed by atoms with E-state index in [2.05, 4.69) is 9.50 Å². The minimum atomic E-state index is -5.73.